The van der Waals surface area contributed by atoms with E-state index in [1.165, 1.54) is 22.7 Å². The maximum absolute atomic E-state index is 13.0. The molecule has 2 aromatic heterocycles. The Morgan fingerprint density at radius 3 is 2.42 bits per heavy atom. The van der Waals surface area contributed by atoms with Crippen molar-refractivity contribution in [2.75, 3.05) is 36.8 Å². The first-order valence-electron chi connectivity index (χ1n) is 10.1. The van der Waals surface area contributed by atoms with E-state index in [-0.39, 0.29) is 11.9 Å². The number of piperazine rings is 1. The molecule has 8 heteroatoms. The molecule has 0 unspecified atom stereocenters. The van der Waals surface area contributed by atoms with Gasteiger partial charge in [0, 0.05) is 49.2 Å². The molecule has 0 aliphatic carbocycles. The quantitative estimate of drug-likeness (QED) is 0.536. The smallest absolute Gasteiger partial charge is 0.410 e. The maximum atomic E-state index is 13.0. The van der Waals surface area contributed by atoms with Crippen LogP contribution in [-0.4, -0.2) is 52.9 Å². The fourth-order valence-electron chi connectivity index (χ4n) is 3.28. The topological polar surface area (TPSA) is 58.6 Å². The lowest BCUT2D eigenvalue weighted by molar-refractivity contribution is 0.149. The highest BCUT2D eigenvalue weighted by molar-refractivity contribution is 7.99. The number of aromatic nitrogens is 2. The van der Waals surface area contributed by atoms with Gasteiger partial charge in [-0.3, -0.25) is 4.98 Å². The number of aryl methyl sites for hydroxylation is 1. The molecule has 4 rings (SSSR count). The number of rotatable bonds is 6. The third-order valence-corrected chi connectivity index (χ3v) is 6.03. The minimum Gasteiger partial charge on any atom is -0.410 e. The molecule has 1 fully saturated rings. The number of pyridine rings is 2. The lowest BCUT2D eigenvalue weighted by atomic mass is 10.2. The van der Waals surface area contributed by atoms with Crippen molar-refractivity contribution in [1.29, 1.82) is 0 Å². The third-order valence-electron chi connectivity index (χ3n) is 5.01. The number of carbonyl (C=O) groups excluding carboxylic acids is 1. The molecule has 1 aromatic carbocycles. The van der Waals surface area contributed by atoms with E-state index in [2.05, 4.69) is 9.97 Å². The van der Waals surface area contributed by atoms with Crippen molar-refractivity contribution in [3.05, 3.63) is 78.5 Å². The van der Waals surface area contributed by atoms with Crippen molar-refractivity contribution in [3.8, 4) is 5.75 Å². The molecule has 0 saturated carbocycles. The molecule has 0 N–H and O–H groups in total. The van der Waals surface area contributed by atoms with Crippen LogP contribution in [0.5, 0.6) is 5.75 Å². The molecular weight excluding hydrogens is 415 g/mol. The Morgan fingerprint density at radius 2 is 1.74 bits per heavy atom. The summed E-state index contributed by atoms with van der Waals surface area (Å²) in [6.07, 6.45) is 5.38. The number of ether oxygens (including phenoxy) is 1. The molecule has 160 valence electrons. The SMILES string of the molecule is O=C(Oc1ccc(CCSc2ccncc2)cc1)N1CCN(c2ccc(F)cn2)CC1. The van der Waals surface area contributed by atoms with Crippen molar-refractivity contribution in [2.45, 2.75) is 11.3 Å². The number of nitrogens with zero attached hydrogens (tertiary/aromatic N) is 4. The fraction of sp³-hybridized carbons (Fsp3) is 0.261. The van der Waals surface area contributed by atoms with Gasteiger partial charge < -0.3 is 14.5 Å². The molecule has 1 amide bonds. The Kier molecular flexibility index (Phi) is 6.99. The molecule has 1 saturated heterocycles. The molecule has 1 aliphatic heterocycles. The zero-order valence-corrected chi connectivity index (χ0v) is 17.8. The molecule has 3 aromatic rings. The highest BCUT2D eigenvalue weighted by Crippen LogP contribution is 2.20. The van der Waals surface area contributed by atoms with Crippen LogP contribution in [-0.2, 0) is 6.42 Å². The van der Waals surface area contributed by atoms with E-state index in [9.17, 15) is 9.18 Å². The molecule has 3 heterocycles. The second kappa shape index (κ2) is 10.3. The van der Waals surface area contributed by atoms with Crippen molar-refractivity contribution >= 4 is 23.7 Å². The van der Waals surface area contributed by atoms with E-state index in [1.54, 1.807) is 35.1 Å². The van der Waals surface area contributed by atoms with Gasteiger partial charge in [-0.05, 0) is 48.4 Å². The number of thioether (sulfide) groups is 1. The summed E-state index contributed by atoms with van der Waals surface area (Å²) >= 11 is 1.79. The highest BCUT2D eigenvalue weighted by Gasteiger charge is 2.23. The first-order valence-corrected chi connectivity index (χ1v) is 11.1. The van der Waals surface area contributed by atoms with Crippen LogP contribution >= 0.6 is 11.8 Å². The number of hydrogen-bond donors (Lipinski definition) is 0. The summed E-state index contributed by atoms with van der Waals surface area (Å²) < 4.78 is 18.6. The number of carbonyl (C=O) groups is 1. The molecule has 0 spiro atoms. The van der Waals surface area contributed by atoms with Crippen LogP contribution < -0.4 is 9.64 Å². The average Bonchev–Trinajstić information content (AvgIpc) is 2.81. The summed E-state index contributed by atoms with van der Waals surface area (Å²) in [6.45, 7) is 2.31. The van der Waals surface area contributed by atoms with Crippen LogP contribution in [0.1, 0.15) is 5.56 Å². The van der Waals surface area contributed by atoms with Crippen LogP contribution in [0, 0.1) is 5.82 Å². The van der Waals surface area contributed by atoms with Crippen molar-refractivity contribution in [2.24, 2.45) is 0 Å². The van der Waals surface area contributed by atoms with Gasteiger partial charge >= 0.3 is 6.09 Å². The zero-order valence-electron chi connectivity index (χ0n) is 17.0. The van der Waals surface area contributed by atoms with Gasteiger partial charge in [0.1, 0.15) is 17.4 Å². The van der Waals surface area contributed by atoms with E-state index < -0.39 is 0 Å². The summed E-state index contributed by atoms with van der Waals surface area (Å²) in [5.41, 5.74) is 1.20. The van der Waals surface area contributed by atoms with Gasteiger partial charge in [0.05, 0.1) is 6.20 Å². The predicted molar refractivity (Wildman–Crippen MR) is 119 cm³/mol. The van der Waals surface area contributed by atoms with Crippen LogP contribution in [0.2, 0.25) is 0 Å². The standard InChI is InChI=1S/C23H23FN4O2S/c24-19-3-6-22(26-17-19)27-12-14-28(15-13-27)23(29)30-20-4-1-18(2-5-20)9-16-31-21-7-10-25-11-8-21/h1-8,10-11,17H,9,12-16H2. The van der Waals surface area contributed by atoms with Crippen LogP contribution in [0.25, 0.3) is 0 Å². The Balaban J connectivity index is 1.22. The van der Waals surface area contributed by atoms with E-state index in [1.807, 2.05) is 41.3 Å². The summed E-state index contributed by atoms with van der Waals surface area (Å²) in [5, 5.41) is 0. The lowest BCUT2D eigenvalue weighted by Crippen LogP contribution is -2.49. The summed E-state index contributed by atoms with van der Waals surface area (Å²) in [4.78, 5) is 25.5. The van der Waals surface area contributed by atoms with E-state index >= 15 is 0 Å². The van der Waals surface area contributed by atoms with Crippen molar-refractivity contribution in [1.82, 2.24) is 14.9 Å². The fourth-order valence-corrected chi connectivity index (χ4v) is 4.17. The number of benzene rings is 1. The first-order chi connectivity index (χ1) is 15.2. The largest absolute Gasteiger partial charge is 0.415 e. The van der Waals surface area contributed by atoms with E-state index in [0.29, 0.717) is 37.7 Å². The minimum atomic E-state index is -0.357. The Labute approximate surface area is 185 Å². The van der Waals surface area contributed by atoms with E-state index in [0.717, 1.165) is 12.2 Å². The number of halogens is 1. The molecule has 31 heavy (non-hydrogen) atoms. The van der Waals surface area contributed by atoms with Crippen LogP contribution in [0.15, 0.2) is 72.0 Å². The normalized spacial score (nSPS) is 13.8. The molecule has 0 bridgehead atoms. The molecule has 0 atom stereocenters. The van der Waals surface area contributed by atoms with Gasteiger partial charge in [0.25, 0.3) is 0 Å². The van der Waals surface area contributed by atoms with Gasteiger partial charge in [-0.2, -0.15) is 0 Å². The Bertz CT molecular complexity index is 979. The number of anilines is 1. The Hall–Kier alpha value is -3.13. The predicted octanol–water partition coefficient (Wildman–Crippen LogP) is 4.27. The zero-order chi connectivity index (χ0) is 21.5. The number of amides is 1. The molecular formula is C23H23FN4O2S. The number of hydrogen-bond acceptors (Lipinski definition) is 6. The summed E-state index contributed by atoms with van der Waals surface area (Å²) in [5.74, 6) is 1.87. The maximum Gasteiger partial charge on any atom is 0.415 e. The van der Waals surface area contributed by atoms with Gasteiger partial charge in [-0.1, -0.05) is 12.1 Å². The van der Waals surface area contributed by atoms with Crippen LogP contribution in [0.4, 0.5) is 15.0 Å². The van der Waals surface area contributed by atoms with Gasteiger partial charge in [-0.25, -0.2) is 14.2 Å². The van der Waals surface area contributed by atoms with Crippen molar-refractivity contribution < 1.29 is 13.9 Å². The summed E-state index contributed by atoms with van der Waals surface area (Å²) in [7, 11) is 0. The first kappa shape index (κ1) is 21.1. The molecule has 6 nitrogen and oxygen atoms in total. The third kappa shape index (κ3) is 5.95. The van der Waals surface area contributed by atoms with E-state index in [4.69, 9.17) is 4.74 Å². The molecule has 0 radical (unpaired) electrons. The second-order valence-corrected chi connectivity index (χ2v) is 8.27. The Morgan fingerprint density at radius 1 is 1.00 bits per heavy atom. The van der Waals surface area contributed by atoms with Gasteiger partial charge in [-0.15, -0.1) is 11.8 Å². The van der Waals surface area contributed by atoms with Crippen molar-refractivity contribution in [3.63, 3.8) is 0 Å². The monoisotopic (exact) mass is 438 g/mol. The lowest BCUT2D eigenvalue weighted by Gasteiger charge is -2.34. The molecule has 1 aliphatic rings. The summed E-state index contributed by atoms with van der Waals surface area (Å²) in [6, 6.07) is 14.7. The minimum absolute atomic E-state index is 0.354. The van der Waals surface area contributed by atoms with Gasteiger partial charge in [0.15, 0.2) is 0 Å². The van der Waals surface area contributed by atoms with Gasteiger partial charge in [0.2, 0.25) is 0 Å². The highest BCUT2D eigenvalue weighted by atomic mass is 32.2. The van der Waals surface area contributed by atoms with Crippen LogP contribution in [0.3, 0.4) is 0 Å². The second-order valence-electron chi connectivity index (χ2n) is 7.10. The average molecular weight is 439 g/mol.